The Bertz CT molecular complexity index is 416. The Hall–Kier alpha value is 0.411. The topological polar surface area (TPSA) is 66.4 Å². The molecule has 0 amide bonds. The zero-order valence-corrected chi connectivity index (χ0v) is 20.6. The molecule has 0 aromatic rings. The van der Waals surface area contributed by atoms with E-state index in [9.17, 15) is 5.11 Å². The van der Waals surface area contributed by atoms with Crippen LogP contribution in [0.2, 0.25) is 58.9 Å². The van der Waals surface area contributed by atoms with Crippen molar-refractivity contribution in [2.75, 3.05) is 13.7 Å². The maximum Gasteiger partial charge on any atom is 0.184 e. The van der Waals surface area contributed by atoms with Crippen LogP contribution >= 0.6 is 0 Å². The van der Waals surface area contributed by atoms with Gasteiger partial charge in [-0.3, -0.25) is 0 Å². The lowest BCUT2D eigenvalue weighted by Crippen LogP contribution is -2.64. The fourth-order valence-corrected chi connectivity index (χ4v) is 5.55. The lowest BCUT2D eigenvalue weighted by Gasteiger charge is -2.47. The largest absolute Gasteiger partial charge is 0.415 e. The molecule has 1 rings (SSSR count). The molecule has 1 fully saturated rings. The summed E-state index contributed by atoms with van der Waals surface area (Å²) in [6.07, 6.45) is -2.69. The van der Waals surface area contributed by atoms with E-state index in [4.69, 9.17) is 22.8 Å². The Morgan fingerprint density at radius 2 is 1.24 bits per heavy atom. The number of ether oxygens (including phenoxy) is 2. The van der Waals surface area contributed by atoms with Crippen LogP contribution in [0.25, 0.3) is 0 Å². The molecule has 1 aliphatic rings. The number of rotatable bonds is 8. The van der Waals surface area contributed by atoms with Crippen molar-refractivity contribution < 1.29 is 27.9 Å². The van der Waals surface area contributed by atoms with Gasteiger partial charge >= 0.3 is 0 Å². The van der Waals surface area contributed by atoms with Crippen molar-refractivity contribution in [2.24, 2.45) is 0 Å². The summed E-state index contributed by atoms with van der Waals surface area (Å²) in [5, 5.41) is 10.6. The zero-order valence-electron chi connectivity index (χ0n) is 17.6. The van der Waals surface area contributed by atoms with Gasteiger partial charge in [-0.15, -0.1) is 0 Å². The van der Waals surface area contributed by atoms with Gasteiger partial charge in [-0.1, -0.05) is 0 Å². The molecule has 1 saturated heterocycles. The summed E-state index contributed by atoms with van der Waals surface area (Å²) >= 11 is 0. The second-order valence-electron chi connectivity index (χ2n) is 9.58. The van der Waals surface area contributed by atoms with E-state index in [1.54, 1.807) is 7.11 Å². The van der Waals surface area contributed by atoms with Crippen molar-refractivity contribution in [3.63, 3.8) is 0 Å². The van der Waals surface area contributed by atoms with Crippen LogP contribution in [0.4, 0.5) is 0 Å². The summed E-state index contributed by atoms with van der Waals surface area (Å²) < 4.78 is 30.3. The smallest absolute Gasteiger partial charge is 0.184 e. The molecule has 1 N–H and O–H groups in total. The monoisotopic (exact) mass is 410 g/mol. The Morgan fingerprint density at radius 1 is 0.760 bits per heavy atom. The van der Waals surface area contributed by atoms with E-state index >= 15 is 0 Å². The van der Waals surface area contributed by atoms with Crippen LogP contribution in [-0.4, -0.2) is 74.5 Å². The van der Waals surface area contributed by atoms with Crippen LogP contribution in [0.5, 0.6) is 0 Å². The van der Waals surface area contributed by atoms with Crippen LogP contribution in [0, 0.1) is 0 Å². The van der Waals surface area contributed by atoms with Gasteiger partial charge in [0.15, 0.2) is 31.2 Å². The first-order valence-electron chi connectivity index (χ1n) is 8.99. The molecule has 25 heavy (non-hydrogen) atoms. The normalized spacial score (nSPS) is 32.0. The molecule has 0 unspecified atom stereocenters. The second-order valence-corrected chi connectivity index (χ2v) is 23.0. The third-order valence-corrected chi connectivity index (χ3v) is 6.53. The first-order valence-corrected chi connectivity index (χ1v) is 19.2. The van der Waals surface area contributed by atoms with Crippen LogP contribution in [0.15, 0.2) is 0 Å². The summed E-state index contributed by atoms with van der Waals surface area (Å²) in [7, 11) is -3.82. The molecule has 0 spiro atoms. The zero-order chi connectivity index (χ0) is 19.6. The molecule has 0 aromatic carbocycles. The van der Waals surface area contributed by atoms with E-state index in [1.165, 1.54) is 0 Å². The average Bonchev–Trinajstić information content (AvgIpc) is 2.37. The van der Waals surface area contributed by atoms with E-state index in [0.29, 0.717) is 6.61 Å². The minimum atomic E-state index is -1.89. The van der Waals surface area contributed by atoms with Crippen molar-refractivity contribution in [3.8, 4) is 0 Å². The number of hydrogen-bond donors (Lipinski definition) is 1. The van der Waals surface area contributed by atoms with Gasteiger partial charge in [0.2, 0.25) is 0 Å². The highest BCUT2D eigenvalue weighted by atomic mass is 28.4. The Labute approximate surface area is 156 Å². The van der Waals surface area contributed by atoms with Crippen LogP contribution < -0.4 is 0 Å². The predicted octanol–water partition coefficient (Wildman–Crippen LogP) is 3.01. The van der Waals surface area contributed by atoms with Crippen molar-refractivity contribution in [1.29, 1.82) is 0 Å². The average molecular weight is 411 g/mol. The van der Waals surface area contributed by atoms with Crippen molar-refractivity contribution in [2.45, 2.75) is 89.6 Å². The van der Waals surface area contributed by atoms with Crippen molar-refractivity contribution in [3.05, 3.63) is 0 Å². The minimum absolute atomic E-state index is 0.322. The molecule has 0 bridgehead atoms. The number of hydrogen-bond acceptors (Lipinski definition) is 6. The highest BCUT2D eigenvalue weighted by Crippen LogP contribution is 2.31. The van der Waals surface area contributed by atoms with Crippen molar-refractivity contribution in [1.82, 2.24) is 0 Å². The van der Waals surface area contributed by atoms with E-state index in [-0.39, 0.29) is 12.2 Å². The van der Waals surface area contributed by atoms with Crippen LogP contribution in [-0.2, 0) is 22.8 Å². The third kappa shape index (κ3) is 8.31. The van der Waals surface area contributed by atoms with Gasteiger partial charge in [0.1, 0.15) is 24.4 Å². The number of methoxy groups -OCH3 is 1. The first kappa shape index (κ1) is 23.5. The van der Waals surface area contributed by atoms with Crippen LogP contribution in [0.1, 0.15) is 0 Å². The van der Waals surface area contributed by atoms with E-state index in [2.05, 4.69) is 58.9 Å². The molecular formula is C16H38O6Si3. The first-order chi connectivity index (χ1) is 11.1. The standard InChI is InChI=1S/C16H38O6Si3/c1-18-14-13(21-24(5,6)7)12(11-19-23(2,3)4)20-16(17)15(14)22-25(8,9)10/h12-17H,11H2,1-10H3/t12-,13-,14+,15-,16-/m1/s1. The maximum atomic E-state index is 10.6. The Morgan fingerprint density at radius 3 is 1.64 bits per heavy atom. The third-order valence-electron chi connectivity index (χ3n) is 3.54. The maximum absolute atomic E-state index is 10.6. The molecule has 5 atom stereocenters. The van der Waals surface area contributed by atoms with Crippen molar-refractivity contribution >= 4 is 25.0 Å². The summed E-state index contributed by atoms with van der Waals surface area (Å²) in [5.41, 5.74) is 0. The Balaban J connectivity index is 3.06. The van der Waals surface area contributed by atoms with Gasteiger partial charge < -0.3 is 27.9 Å². The molecular weight excluding hydrogens is 372 g/mol. The SMILES string of the molecule is CO[C@@H]1[C@@H](O[Si](C)(C)C)[C@H](O)O[C@H](CO[Si](C)(C)C)[C@H]1O[Si](C)(C)C. The molecule has 0 aliphatic carbocycles. The summed E-state index contributed by atoms with van der Waals surface area (Å²) in [5.74, 6) is 0. The summed E-state index contributed by atoms with van der Waals surface area (Å²) in [6.45, 7) is 19.4. The number of aliphatic hydroxyl groups is 1. The van der Waals surface area contributed by atoms with Gasteiger partial charge in [-0.2, -0.15) is 0 Å². The molecule has 0 radical (unpaired) electrons. The number of aliphatic hydroxyl groups excluding tert-OH is 1. The molecule has 9 heteroatoms. The molecule has 1 heterocycles. The predicted molar refractivity (Wildman–Crippen MR) is 107 cm³/mol. The van der Waals surface area contributed by atoms with E-state index < -0.39 is 43.5 Å². The van der Waals surface area contributed by atoms with E-state index in [1.807, 2.05) is 0 Å². The fraction of sp³-hybridized carbons (Fsp3) is 1.00. The summed E-state index contributed by atoms with van der Waals surface area (Å²) in [6, 6.07) is 0. The molecule has 0 aromatic heterocycles. The molecule has 1 aliphatic heterocycles. The quantitative estimate of drug-likeness (QED) is 0.621. The minimum Gasteiger partial charge on any atom is -0.415 e. The molecule has 150 valence electrons. The van der Waals surface area contributed by atoms with Gasteiger partial charge in [-0.05, 0) is 58.9 Å². The highest BCUT2D eigenvalue weighted by molar-refractivity contribution is 6.70. The summed E-state index contributed by atoms with van der Waals surface area (Å²) in [4.78, 5) is 0. The highest BCUT2D eigenvalue weighted by Gasteiger charge is 2.49. The lowest BCUT2D eigenvalue weighted by atomic mass is 9.99. The fourth-order valence-electron chi connectivity index (χ4n) is 2.71. The van der Waals surface area contributed by atoms with Gasteiger partial charge in [0, 0.05) is 7.11 Å². The molecule has 0 saturated carbocycles. The molecule has 6 nitrogen and oxygen atoms in total. The van der Waals surface area contributed by atoms with Gasteiger partial charge in [0.25, 0.3) is 0 Å². The van der Waals surface area contributed by atoms with E-state index in [0.717, 1.165) is 0 Å². The van der Waals surface area contributed by atoms with Crippen LogP contribution in [0.3, 0.4) is 0 Å². The second kappa shape index (κ2) is 8.61. The van der Waals surface area contributed by atoms with Gasteiger partial charge in [-0.25, -0.2) is 0 Å². The lowest BCUT2D eigenvalue weighted by molar-refractivity contribution is -0.282. The Kier molecular flexibility index (Phi) is 8.08. The van der Waals surface area contributed by atoms with Gasteiger partial charge in [0.05, 0.1) is 6.61 Å².